The van der Waals surface area contributed by atoms with Crippen LogP contribution in [0.5, 0.6) is 5.75 Å². The Morgan fingerprint density at radius 1 is 0.913 bits per heavy atom. The van der Waals surface area contributed by atoms with Crippen molar-refractivity contribution in [2.45, 2.75) is 31.5 Å². The van der Waals surface area contributed by atoms with Crippen LogP contribution in [-0.2, 0) is 11.2 Å². The largest absolute Gasteiger partial charge is 0.497 e. The molecule has 2 aromatic rings. The van der Waals surface area contributed by atoms with Crippen LogP contribution in [0.2, 0.25) is 0 Å². The van der Waals surface area contributed by atoms with Crippen LogP contribution in [-0.4, -0.2) is 31.5 Å². The first-order valence-electron chi connectivity index (χ1n) is 8.14. The molecule has 0 bridgehead atoms. The lowest BCUT2D eigenvalue weighted by Gasteiger charge is -2.11. The van der Waals surface area contributed by atoms with Crippen LogP contribution >= 0.6 is 0 Å². The molecule has 0 aromatic heterocycles. The van der Waals surface area contributed by atoms with E-state index < -0.39 is 0 Å². The van der Waals surface area contributed by atoms with Gasteiger partial charge in [0.2, 0.25) is 0 Å². The Morgan fingerprint density at radius 2 is 1.52 bits per heavy atom. The smallest absolute Gasteiger partial charge is 0.118 e. The molecule has 1 aliphatic rings. The summed E-state index contributed by atoms with van der Waals surface area (Å²) in [6.45, 7) is 0. The molecule has 0 aliphatic heterocycles. The Labute approximate surface area is 137 Å². The third-order valence-electron chi connectivity index (χ3n) is 4.77. The quantitative estimate of drug-likeness (QED) is 0.915. The zero-order valence-electron chi connectivity index (χ0n) is 13.7. The normalized spacial score (nSPS) is 23.9. The van der Waals surface area contributed by atoms with Crippen molar-refractivity contribution in [3.63, 3.8) is 0 Å². The van der Waals surface area contributed by atoms with Crippen molar-refractivity contribution in [3.8, 4) is 16.9 Å². The molecule has 3 rings (SSSR count). The molecule has 0 amide bonds. The number of hydrogen-bond donors (Lipinski definition) is 1. The first kappa shape index (κ1) is 16.0. The highest BCUT2D eigenvalue weighted by atomic mass is 16.5. The summed E-state index contributed by atoms with van der Waals surface area (Å²) in [5.41, 5.74) is 3.71. The van der Waals surface area contributed by atoms with Gasteiger partial charge < -0.3 is 14.6 Å². The van der Waals surface area contributed by atoms with Gasteiger partial charge in [-0.05, 0) is 54.0 Å². The van der Waals surface area contributed by atoms with Crippen molar-refractivity contribution >= 4 is 0 Å². The molecule has 1 fully saturated rings. The molecule has 122 valence electrons. The Kier molecular flexibility index (Phi) is 4.99. The van der Waals surface area contributed by atoms with Crippen LogP contribution in [0.25, 0.3) is 11.1 Å². The van der Waals surface area contributed by atoms with E-state index in [0.29, 0.717) is 5.92 Å². The standard InChI is InChI=1S/C20H24O3/c1-22-18-9-7-17(8-10-18)16-5-3-14(4-6-16)11-15-12-19(21)20(13-15)23-2/h3-10,15,19-21H,11-13H2,1-2H3/t15-,19+,20+/m0/s1. The van der Waals surface area contributed by atoms with E-state index in [-0.39, 0.29) is 12.2 Å². The van der Waals surface area contributed by atoms with E-state index in [1.54, 1.807) is 14.2 Å². The van der Waals surface area contributed by atoms with Crippen molar-refractivity contribution in [1.29, 1.82) is 0 Å². The average molecular weight is 312 g/mol. The van der Waals surface area contributed by atoms with Crippen LogP contribution in [0.4, 0.5) is 0 Å². The molecule has 1 N–H and O–H groups in total. The first-order chi connectivity index (χ1) is 11.2. The molecule has 3 atom stereocenters. The van der Waals surface area contributed by atoms with E-state index in [2.05, 4.69) is 36.4 Å². The number of methoxy groups -OCH3 is 2. The highest BCUT2D eigenvalue weighted by molar-refractivity contribution is 5.64. The van der Waals surface area contributed by atoms with Gasteiger partial charge in [-0.15, -0.1) is 0 Å². The van der Waals surface area contributed by atoms with Crippen molar-refractivity contribution in [2.24, 2.45) is 5.92 Å². The van der Waals surface area contributed by atoms with Crippen LogP contribution in [0, 0.1) is 5.92 Å². The van der Waals surface area contributed by atoms with Gasteiger partial charge in [-0.1, -0.05) is 36.4 Å². The fraction of sp³-hybridized carbons (Fsp3) is 0.400. The van der Waals surface area contributed by atoms with Crippen molar-refractivity contribution < 1.29 is 14.6 Å². The van der Waals surface area contributed by atoms with Gasteiger partial charge in [0, 0.05) is 7.11 Å². The maximum Gasteiger partial charge on any atom is 0.118 e. The molecule has 0 unspecified atom stereocenters. The van der Waals surface area contributed by atoms with E-state index in [1.165, 1.54) is 16.7 Å². The molecule has 23 heavy (non-hydrogen) atoms. The SMILES string of the molecule is COc1ccc(-c2ccc(C[C@H]3C[C@@H](O)[C@H](OC)C3)cc2)cc1. The number of aliphatic hydroxyl groups is 1. The maximum atomic E-state index is 9.94. The minimum absolute atomic E-state index is 0.00132. The predicted octanol–water partition coefficient (Wildman–Crippen LogP) is 3.69. The highest BCUT2D eigenvalue weighted by Gasteiger charge is 2.32. The van der Waals surface area contributed by atoms with Crippen molar-refractivity contribution in [1.82, 2.24) is 0 Å². The maximum absolute atomic E-state index is 9.94. The zero-order chi connectivity index (χ0) is 16.2. The van der Waals surface area contributed by atoms with E-state index in [0.717, 1.165) is 25.0 Å². The minimum Gasteiger partial charge on any atom is -0.497 e. The summed E-state index contributed by atoms with van der Waals surface area (Å²) < 4.78 is 10.5. The Hall–Kier alpha value is -1.84. The van der Waals surface area contributed by atoms with Crippen LogP contribution in [0.3, 0.4) is 0 Å². The highest BCUT2D eigenvalue weighted by Crippen LogP contribution is 2.31. The van der Waals surface area contributed by atoms with Gasteiger partial charge >= 0.3 is 0 Å². The zero-order valence-corrected chi connectivity index (χ0v) is 13.7. The summed E-state index contributed by atoms with van der Waals surface area (Å²) in [7, 11) is 3.36. The second-order valence-corrected chi connectivity index (χ2v) is 6.31. The second-order valence-electron chi connectivity index (χ2n) is 6.31. The Bertz CT molecular complexity index is 618. The topological polar surface area (TPSA) is 38.7 Å². The van der Waals surface area contributed by atoms with Gasteiger partial charge in [-0.25, -0.2) is 0 Å². The average Bonchev–Trinajstić information content (AvgIpc) is 2.95. The molecular formula is C20H24O3. The summed E-state index contributed by atoms with van der Waals surface area (Å²) in [5, 5.41) is 9.94. The Balaban J connectivity index is 1.65. The monoisotopic (exact) mass is 312 g/mol. The number of hydrogen-bond acceptors (Lipinski definition) is 3. The van der Waals surface area contributed by atoms with Gasteiger partial charge in [0.15, 0.2) is 0 Å². The predicted molar refractivity (Wildman–Crippen MR) is 91.7 cm³/mol. The number of aliphatic hydroxyl groups excluding tert-OH is 1. The molecule has 0 spiro atoms. The minimum atomic E-state index is -0.316. The number of ether oxygens (including phenoxy) is 2. The van der Waals surface area contributed by atoms with Crippen molar-refractivity contribution in [3.05, 3.63) is 54.1 Å². The molecule has 0 heterocycles. The van der Waals surface area contributed by atoms with Crippen molar-refractivity contribution in [2.75, 3.05) is 14.2 Å². The van der Waals surface area contributed by atoms with Crippen LogP contribution in [0.15, 0.2) is 48.5 Å². The van der Waals surface area contributed by atoms with E-state index >= 15 is 0 Å². The second kappa shape index (κ2) is 7.16. The fourth-order valence-electron chi connectivity index (χ4n) is 3.45. The Morgan fingerprint density at radius 3 is 2.04 bits per heavy atom. The molecule has 1 saturated carbocycles. The van der Waals surface area contributed by atoms with Gasteiger partial charge in [0.25, 0.3) is 0 Å². The van der Waals surface area contributed by atoms with Crippen LogP contribution < -0.4 is 4.74 Å². The van der Waals surface area contributed by atoms with Gasteiger partial charge in [0.1, 0.15) is 5.75 Å². The molecule has 3 nitrogen and oxygen atoms in total. The lowest BCUT2D eigenvalue weighted by atomic mass is 9.96. The molecule has 0 saturated heterocycles. The molecule has 1 aliphatic carbocycles. The van der Waals surface area contributed by atoms with E-state index in [9.17, 15) is 5.11 Å². The lowest BCUT2D eigenvalue weighted by Crippen LogP contribution is -2.20. The molecule has 0 radical (unpaired) electrons. The van der Waals surface area contributed by atoms with Gasteiger partial charge in [-0.2, -0.15) is 0 Å². The van der Waals surface area contributed by atoms with E-state index in [4.69, 9.17) is 9.47 Å². The third-order valence-corrected chi connectivity index (χ3v) is 4.77. The van der Waals surface area contributed by atoms with Gasteiger partial charge in [0.05, 0.1) is 19.3 Å². The summed E-state index contributed by atoms with van der Waals surface area (Å²) in [5.74, 6) is 1.37. The third kappa shape index (κ3) is 3.74. The number of rotatable bonds is 5. The number of benzene rings is 2. The summed E-state index contributed by atoms with van der Waals surface area (Å²) in [6.07, 6.45) is 2.46. The fourth-order valence-corrected chi connectivity index (χ4v) is 3.45. The molecule has 3 heteroatoms. The van der Waals surface area contributed by atoms with Gasteiger partial charge in [-0.3, -0.25) is 0 Å². The van der Waals surface area contributed by atoms with Crippen LogP contribution in [0.1, 0.15) is 18.4 Å². The first-order valence-corrected chi connectivity index (χ1v) is 8.14. The molecular weight excluding hydrogens is 288 g/mol. The molecule has 2 aromatic carbocycles. The summed E-state index contributed by atoms with van der Waals surface area (Å²) in [6, 6.07) is 16.8. The summed E-state index contributed by atoms with van der Waals surface area (Å²) in [4.78, 5) is 0. The van der Waals surface area contributed by atoms with E-state index in [1.807, 2.05) is 12.1 Å². The lowest BCUT2D eigenvalue weighted by molar-refractivity contribution is 0.00976. The summed E-state index contributed by atoms with van der Waals surface area (Å²) >= 11 is 0.